The molecule has 0 aromatic rings. The van der Waals surface area contributed by atoms with E-state index in [4.69, 9.17) is 9.05 Å². The van der Waals surface area contributed by atoms with Gasteiger partial charge in [0.15, 0.2) is 0 Å². The van der Waals surface area contributed by atoms with Crippen LogP contribution in [0.15, 0.2) is 0 Å². The van der Waals surface area contributed by atoms with Crippen LogP contribution in [-0.2, 0) is 13.6 Å². The van der Waals surface area contributed by atoms with Crippen molar-refractivity contribution in [1.29, 1.82) is 0 Å². The van der Waals surface area contributed by atoms with Crippen molar-refractivity contribution >= 4 is 7.60 Å². The molecular weight excluding hydrogens is 165 g/mol. The smallest absolute Gasteiger partial charge is 0.330 e. The minimum absolute atomic E-state index is 0. The first-order valence-corrected chi connectivity index (χ1v) is 5.29. The molecule has 0 amide bonds. The second-order valence-corrected chi connectivity index (χ2v) is 4.13. The highest BCUT2D eigenvalue weighted by Gasteiger charge is 2.19. The average Bonchev–Trinajstić information content (AvgIpc) is 1.89. The molecule has 0 spiro atoms. The summed E-state index contributed by atoms with van der Waals surface area (Å²) in [6, 6.07) is 0. The number of hydrogen-bond acceptors (Lipinski definition) is 4. The van der Waals surface area contributed by atoms with Crippen LogP contribution in [0.4, 0.5) is 0 Å². The quantitative estimate of drug-likeness (QED) is 0.664. The van der Waals surface area contributed by atoms with Crippen molar-refractivity contribution in [2.75, 3.05) is 19.4 Å². The van der Waals surface area contributed by atoms with Gasteiger partial charge >= 0.3 is 7.60 Å². The lowest BCUT2D eigenvalue weighted by Gasteiger charge is -2.13. The van der Waals surface area contributed by atoms with Crippen LogP contribution >= 0.6 is 7.60 Å². The fraction of sp³-hybridized carbons (Fsp3) is 1.00. The van der Waals surface area contributed by atoms with Gasteiger partial charge in [0.25, 0.3) is 0 Å². The Balaban J connectivity index is 0. The van der Waals surface area contributed by atoms with Gasteiger partial charge in [-0.3, -0.25) is 4.57 Å². The third-order valence-electron chi connectivity index (χ3n) is 1.04. The van der Waals surface area contributed by atoms with Gasteiger partial charge in [0.1, 0.15) is 0 Å². The van der Waals surface area contributed by atoms with Gasteiger partial charge in [-0.15, -0.1) is 0 Å². The summed E-state index contributed by atoms with van der Waals surface area (Å²) in [5, 5.41) is 0. The van der Waals surface area contributed by atoms with Crippen LogP contribution in [0.5, 0.6) is 0 Å². The second kappa shape index (κ2) is 6.80. The highest BCUT2D eigenvalue weighted by atomic mass is 31.2. The van der Waals surface area contributed by atoms with Crippen LogP contribution in [0.3, 0.4) is 0 Å². The lowest BCUT2D eigenvalue weighted by molar-refractivity contribution is 0.221. The van der Waals surface area contributed by atoms with E-state index >= 15 is 0 Å². The molecule has 0 radical (unpaired) electrons. The van der Waals surface area contributed by atoms with E-state index in [1.54, 1.807) is 20.8 Å². The maximum Gasteiger partial charge on any atom is 0.330 e. The topological polar surface area (TPSA) is 70.5 Å². The Kier molecular flexibility index (Phi) is 8.46. The van der Waals surface area contributed by atoms with Crippen LogP contribution in [0.25, 0.3) is 0 Å². The Bertz CT molecular complexity index is 119. The number of rotatable bonds is 5. The summed E-state index contributed by atoms with van der Waals surface area (Å²) in [7, 11) is -2.70. The van der Waals surface area contributed by atoms with Gasteiger partial charge < -0.3 is 15.2 Å². The number of hydrogen-bond donors (Lipinski definition) is 1. The molecule has 0 bridgehead atoms. The largest absolute Gasteiger partial charge is 0.344 e. The van der Waals surface area contributed by atoms with Crippen molar-refractivity contribution in [3.8, 4) is 0 Å². The molecule has 70 valence electrons. The molecule has 0 aliphatic heterocycles. The van der Waals surface area contributed by atoms with E-state index in [-0.39, 0.29) is 6.15 Å². The Hall–Kier alpha value is 0.110. The fourth-order valence-corrected chi connectivity index (χ4v) is 1.84. The second-order valence-electron chi connectivity index (χ2n) is 1.76. The summed E-state index contributed by atoms with van der Waals surface area (Å²) in [5.74, 6) is 0. The maximum absolute atomic E-state index is 11.3. The maximum atomic E-state index is 11.3. The van der Waals surface area contributed by atoms with E-state index in [2.05, 4.69) is 0 Å². The molecule has 0 saturated heterocycles. The molecule has 0 aliphatic carbocycles. The predicted octanol–water partition coefficient (Wildman–Crippen LogP) is 2.43. The van der Waals surface area contributed by atoms with Crippen molar-refractivity contribution in [2.24, 2.45) is 0 Å². The van der Waals surface area contributed by atoms with Gasteiger partial charge in [0, 0.05) is 6.16 Å². The third kappa shape index (κ3) is 5.39. The van der Waals surface area contributed by atoms with Crippen LogP contribution in [0.2, 0.25) is 0 Å². The molecule has 4 nitrogen and oxygen atoms in total. The van der Waals surface area contributed by atoms with Crippen LogP contribution in [-0.4, -0.2) is 19.4 Å². The zero-order chi connectivity index (χ0) is 8.04. The molecule has 0 aromatic carbocycles. The van der Waals surface area contributed by atoms with Gasteiger partial charge in [-0.25, -0.2) is 0 Å². The molecule has 3 N–H and O–H groups in total. The van der Waals surface area contributed by atoms with Gasteiger partial charge in [0.05, 0.1) is 13.2 Å². The lowest BCUT2D eigenvalue weighted by Crippen LogP contribution is -1.97. The van der Waals surface area contributed by atoms with E-state index < -0.39 is 7.60 Å². The molecule has 0 aromatic heterocycles. The molecule has 0 saturated carbocycles. The van der Waals surface area contributed by atoms with Crippen LogP contribution in [0, 0.1) is 0 Å². The summed E-state index contributed by atoms with van der Waals surface area (Å²) in [6.45, 7) is 6.31. The normalized spacial score (nSPS) is 10.8. The zero-order valence-electron chi connectivity index (χ0n) is 7.50. The Morgan fingerprint density at radius 3 is 1.64 bits per heavy atom. The lowest BCUT2D eigenvalue weighted by atomic mass is 10.9. The molecule has 0 aliphatic rings. The van der Waals surface area contributed by atoms with Crippen LogP contribution < -0.4 is 6.15 Å². The first-order valence-electron chi connectivity index (χ1n) is 3.56. The van der Waals surface area contributed by atoms with Crippen molar-refractivity contribution < 1.29 is 13.6 Å². The van der Waals surface area contributed by atoms with Crippen LogP contribution in [0.1, 0.15) is 20.8 Å². The molecule has 0 fully saturated rings. The SMILES string of the molecule is CCOP(=O)(CC)OCC.N. The van der Waals surface area contributed by atoms with E-state index in [0.29, 0.717) is 19.4 Å². The molecule has 0 atom stereocenters. The summed E-state index contributed by atoms with van der Waals surface area (Å²) >= 11 is 0. The molecular formula is C6H18NO3P. The summed E-state index contributed by atoms with van der Waals surface area (Å²) in [6.07, 6.45) is 0.453. The minimum Gasteiger partial charge on any atom is -0.344 e. The molecule has 11 heavy (non-hydrogen) atoms. The van der Waals surface area contributed by atoms with E-state index in [9.17, 15) is 4.57 Å². The van der Waals surface area contributed by atoms with Crippen molar-refractivity contribution in [2.45, 2.75) is 20.8 Å². The Morgan fingerprint density at radius 1 is 1.09 bits per heavy atom. The van der Waals surface area contributed by atoms with E-state index in [1.807, 2.05) is 0 Å². The summed E-state index contributed by atoms with van der Waals surface area (Å²) in [5.41, 5.74) is 0. The molecule has 0 heterocycles. The molecule has 0 rings (SSSR count). The summed E-state index contributed by atoms with van der Waals surface area (Å²) < 4.78 is 21.2. The fourth-order valence-electron chi connectivity index (χ4n) is 0.613. The summed E-state index contributed by atoms with van der Waals surface area (Å²) in [4.78, 5) is 0. The highest BCUT2D eigenvalue weighted by molar-refractivity contribution is 7.53. The molecule has 5 heteroatoms. The van der Waals surface area contributed by atoms with Crippen molar-refractivity contribution in [3.05, 3.63) is 0 Å². The van der Waals surface area contributed by atoms with E-state index in [1.165, 1.54) is 0 Å². The third-order valence-corrected chi connectivity index (χ3v) is 3.12. The first kappa shape index (κ1) is 13.7. The van der Waals surface area contributed by atoms with Crippen molar-refractivity contribution in [1.82, 2.24) is 6.15 Å². The zero-order valence-corrected chi connectivity index (χ0v) is 8.39. The van der Waals surface area contributed by atoms with Gasteiger partial charge in [-0.2, -0.15) is 0 Å². The Morgan fingerprint density at radius 2 is 1.45 bits per heavy atom. The van der Waals surface area contributed by atoms with Gasteiger partial charge in [-0.05, 0) is 13.8 Å². The Labute approximate surface area is 68.4 Å². The van der Waals surface area contributed by atoms with E-state index in [0.717, 1.165) is 0 Å². The standard InChI is InChI=1S/C6H15O3P.H3N/c1-4-8-10(7,6-3)9-5-2;/h4-6H2,1-3H3;1H3. The predicted molar refractivity (Wildman–Crippen MR) is 46.4 cm³/mol. The van der Waals surface area contributed by atoms with Gasteiger partial charge in [-0.1, -0.05) is 6.92 Å². The molecule has 0 unspecified atom stereocenters. The first-order chi connectivity index (χ1) is 4.68. The van der Waals surface area contributed by atoms with Crippen molar-refractivity contribution in [3.63, 3.8) is 0 Å². The monoisotopic (exact) mass is 183 g/mol. The minimum atomic E-state index is -2.70. The average molecular weight is 183 g/mol. The highest BCUT2D eigenvalue weighted by Crippen LogP contribution is 2.47. The van der Waals surface area contributed by atoms with Gasteiger partial charge in [0.2, 0.25) is 0 Å².